The zero-order valence-corrected chi connectivity index (χ0v) is 17.6. The highest BCUT2D eigenvalue weighted by Gasteiger charge is 2.12. The first-order valence-corrected chi connectivity index (χ1v) is 9.50. The van der Waals surface area contributed by atoms with Gasteiger partial charge in [0.1, 0.15) is 0 Å². The Morgan fingerprint density at radius 2 is 1.88 bits per heavy atom. The topological polar surface area (TPSA) is 44.7 Å². The van der Waals surface area contributed by atoms with Crippen molar-refractivity contribution in [2.24, 2.45) is 4.99 Å². The third kappa shape index (κ3) is 5.18. The average Bonchev–Trinajstić information content (AvgIpc) is 2.60. The second-order valence-electron chi connectivity index (χ2n) is 6.51. The number of carbonyl (C=O) groups is 1. The van der Waals surface area contributed by atoms with Gasteiger partial charge in [0, 0.05) is 29.3 Å². The smallest absolute Gasteiger partial charge is 0.182 e. The van der Waals surface area contributed by atoms with Crippen LogP contribution in [0.4, 0.5) is 11.4 Å². The maximum Gasteiger partial charge on any atom is 0.182 e. The van der Waals surface area contributed by atoms with E-state index >= 15 is 0 Å². The van der Waals surface area contributed by atoms with Gasteiger partial charge in [0.15, 0.2) is 5.78 Å². The van der Waals surface area contributed by atoms with Crippen molar-refractivity contribution < 1.29 is 4.79 Å². The average molecular weight is 416 g/mol. The number of halogens is 1. The summed E-state index contributed by atoms with van der Waals surface area (Å²) < 4.78 is 1.03. The predicted molar refractivity (Wildman–Crippen MR) is 114 cm³/mol. The van der Waals surface area contributed by atoms with Crippen LogP contribution in [0.3, 0.4) is 0 Å². The number of hydrogen-bond donors (Lipinski definition) is 1. The molecule has 0 aromatic heterocycles. The predicted octanol–water partition coefficient (Wildman–Crippen LogP) is 5.28. The minimum atomic E-state index is 0.0779. The molecule has 0 spiro atoms. The number of rotatable bonds is 7. The molecule has 0 saturated carbocycles. The van der Waals surface area contributed by atoms with Gasteiger partial charge in [0.2, 0.25) is 0 Å². The van der Waals surface area contributed by atoms with E-state index < -0.39 is 0 Å². The first-order chi connectivity index (χ1) is 12.3. The van der Waals surface area contributed by atoms with Crippen LogP contribution in [0.2, 0.25) is 0 Å². The molecule has 0 radical (unpaired) electrons. The molecule has 0 aliphatic heterocycles. The highest BCUT2D eigenvalue weighted by molar-refractivity contribution is 9.10. The van der Waals surface area contributed by atoms with Crippen LogP contribution in [0.25, 0.3) is 0 Å². The number of nitrogens with one attached hydrogen (secondary N) is 1. The standard InChI is InChI=1S/C21H26BrN3O/c1-6-25(5)13-24-20-11-14(2)18(10-16(20)4)21(26)12-23-19-8-7-17(22)9-15(19)3/h7-11,13,23H,6,12H2,1-5H3. The number of anilines is 1. The number of ketones is 1. The Morgan fingerprint density at radius 3 is 2.54 bits per heavy atom. The van der Waals surface area contributed by atoms with Crippen LogP contribution >= 0.6 is 15.9 Å². The van der Waals surface area contributed by atoms with E-state index in [1.807, 2.05) is 69.4 Å². The molecule has 4 nitrogen and oxygen atoms in total. The van der Waals surface area contributed by atoms with Gasteiger partial charge in [-0.3, -0.25) is 4.79 Å². The molecule has 0 fully saturated rings. The van der Waals surface area contributed by atoms with Crippen LogP contribution in [0.15, 0.2) is 39.8 Å². The van der Waals surface area contributed by atoms with Crippen molar-refractivity contribution in [2.45, 2.75) is 27.7 Å². The third-order valence-corrected chi connectivity index (χ3v) is 4.86. The van der Waals surface area contributed by atoms with E-state index in [2.05, 4.69) is 33.2 Å². The fraction of sp³-hybridized carbons (Fsp3) is 0.333. The Labute approximate surface area is 164 Å². The second kappa shape index (κ2) is 8.99. The largest absolute Gasteiger partial charge is 0.377 e. The molecule has 0 aliphatic carbocycles. The van der Waals surface area contributed by atoms with E-state index in [1.165, 1.54) is 0 Å². The van der Waals surface area contributed by atoms with Crippen molar-refractivity contribution >= 4 is 39.4 Å². The minimum Gasteiger partial charge on any atom is -0.377 e. The molecular formula is C21H26BrN3O. The summed E-state index contributed by atoms with van der Waals surface area (Å²) in [6.45, 7) is 9.21. The lowest BCUT2D eigenvalue weighted by molar-refractivity contribution is 0.101. The molecule has 0 unspecified atom stereocenters. The molecule has 0 aliphatic rings. The molecule has 0 saturated heterocycles. The van der Waals surface area contributed by atoms with Gasteiger partial charge in [-0.05, 0) is 74.7 Å². The lowest BCUT2D eigenvalue weighted by Gasteiger charge is -2.13. The number of aryl methyl sites for hydroxylation is 3. The van der Waals surface area contributed by atoms with Gasteiger partial charge in [-0.15, -0.1) is 0 Å². The van der Waals surface area contributed by atoms with E-state index in [0.717, 1.165) is 44.6 Å². The Morgan fingerprint density at radius 1 is 1.15 bits per heavy atom. The van der Waals surface area contributed by atoms with Crippen LogP contribution in [0.5, 0.6) is 0 Å². The van der Waals surface area contributed by atoms with E-state index in [0.29, 0.717) is 0 Å². The van der Waals surface area contributed by atoms with Crippen molar-refractivity contribution in [1.82, 2.24) is 4.90 Å². The lowest BCUT2D eigenvalue weighted by atomic mass is 10.00. The summed E-state index contributed by atoms with van der Waals surface area (Å²) in [6.07, 6.45) is 1.82. The highest BCUT2D eigenvalue weighted by atomic mass is 79.9. The number of carbonyl (C=O) groups excluding carboxylic acids is 1. The van der Waals surface area contributed by atoms with Crippen molar-refractivity contribution in [3.05, 3.63) is 57.1 Å². The summed E-state index contributed by atoms with van der Waals surface area (Å²) in [5, 5.41) is 3.24. The number of Topliss-reactive ketones (excluding diaryl/α,β-unsaturated/α-hetero) is 1. The first-order valence-electron chi connectivity index (χ1n) is 8.70. The van der Waals surface area contributed by atoms with Gasteiger partial charge >= 0.3 is 0 Å². The summed E-state index contributed by atoms with van der Waals surface area (Å²) in [4.78, 5) is 19.2. The first kappa shape index (κ1) is 20.2. The van der Waals surface area contributed by atoms with Crippen LogP contribution in [0, 0.1) is 20.8 Å². The van der Waals surface area contributed by atoms with Crippen LogP contribution < -0.4 is 5.32 Å². The van der Waals surface area contributed by atoms with Gasteiger partial charge in [-0.1, -0.05) is 15.9 Å². The SMILES string of the molecule is CCN(C)C=Nc1cc(C)c(C(=O)CNc2ccc(Br)cc2C)cc1C. The maximum absolute atomic E-state index is 12.7. The van der Waals surface area contributed by atoms with Crippen molar-refractivity contribution in [3.8, 4) is 0 Å². The normalized spacial score (nSPS) is 11.0. The van der Waals surface area contributed by atoms with E-state index in [1.54, 1.807) is 0 Å². The van der Waals surface area contributed by atoms with Crippen LogP contribution in [0.1, 0.15) is 34.0 Å². The van der Waals surface area contributed by atoms with Crippen molar-refractivity contribution in [3.63, 3.8) is 0 Å². The molecule has 1 N–H and O–H groups in total. The van der Waals surface area contributed by atoms with Gasteiger partial charge in [0.25, 0.3) is 0 Å². The molecule has 26 heavy (non-hydrogen) atoms. The van der Waals surface area contributed by atoms with Crippen molar-refractivity contribution in [1.29, 1.82) is 0 Å². The fourth-order valence-corrected chi connectivity index (χ4v) is 3.05. The number of aliphatic imine (C=N–C) groups is 1. The number of nitrogens with zero attached hydrogens (tertiary/aromatic N) is 2. The zero-order valence-electron chi connectivity index (χ0n) is 16.1. The van der Waals surface area contributed by atoms with Gasteiger partial charge in [-0.2, -0.15) is 0 Å². The highest BCUT2D eigenvalue weighted by Crippen LogP contribution is 2.24. The summed E-state index contributed by atoms with van der Waals surface area (Å²) in [6, 6.07) is 9.89. The molecule has 5 heteroatoms. The van der Waals surface area contributed by atoms with Gasteiger partial charge < -0.3 is 10.2 Å². The Kier molecular flexibility index (Phi) is 6.98. The molecule has 0 atom stereocenters. The Bertz CT molecular complexity index is 830. The third-order valence-electron chi connectivity index (χ3n) is 4.36. The molecule has 2 aromatic rings. The monoisotopic (exact) mass is 415 g/mol. The van der Waals surface area contributed by atoms with E-state index in [4.69, 9.17) is 0 Å². The molecule has 0 amide bonds. The Balaban J connectivity index is 2.13. The van der Waals surface area contributed by atoms with Gasteiger partial charge in [-0.25, -0.2) is 4.99 Å². The van der Waals surface area contributed by atoms with Crippen LogP contribution in [-0.2, 0) is 0 Å². The zero-order chi connectivity index (χ0) is 19.3. The number of benzene rings is 2. The maximum atomic E-state index is 12.7. The summed E-state index contributed by atoms with van der Waals surface area (Å²) >= 11 is 3.45. The fourth-order valence-electron chi connectivity index (χ4n) is 2.58. The quantitative estimate of drug-likeness (QED) is 0.380. The van der Waals surface area contributed by atoms with Gasteiger partial charge in [0.05, 0.1) is 18.6 Å². The van der Waals surface area contributed by atoms with E-state index in [-0.39, 0.29) is 12.3 Å². The summed E-state index contributed by atoms with van der Waals surface area (Å²) in [7, 11) is 1.99. The summed E-state index contributed by atoms with van der Waals surface area (Å²) in [5.74, 6) is 0.0779. The van der Waals surface area contributed by atoms with Crippen molar-refractivity contribution in [2.75, 3.05) is 25.5 Å². The Hall–Kier alpha value is -2.14. The molecule has 138 valence electrons. The molecule has 0 heterocycles. The lowest BCUT2D eigenvalue weighted by Crippen LogP contribution is -2.16. The molecule has 2 aromatic carbocycles. The van der Waals surface area contributed by atoms with E-state index in [9.17, 15) is 4.79 Å². The second-order valence-corrected chi connectivity index (χ2v) is 7.42. The summed E-state index contributed by atoms with van der Waals surface area (Å²) in [5.41, 5.74) is 5.66. The number of hydrogen-bond acceptors (Lipinski definition) is 3. The van der Waals surface area contributed by atoms with Crippen LogP contribution in [-0.4, -0.2) is 37.2 Å². The minimum absolute atomic E-state index is 0.0779. The molecule has 0 bridgehead atoms. The molecular weight excluding hydrogens is 390 g/mol. The molecule has 2 rings (SSSR count).